The quantitative estimate of drug-likeness (QED) is 0.893. The first kappa shape index (κ1) is 17.3. The number of ether oxygens (including phenoxy) is 1. The first-order valence-corrected chi connectivity index (χ1v) is 7.87. The van der Waals surface area contributed by atoms with Crippen molar-refractivity contribution in [1.29, 1.82) is 0 Å². The van der Waals surface area contributed by atoms with E-state index in [1.165, 1.54) is 24.3 Å². The summed E-state index contributed by atoms with van der Waals surface area (Å²) in [5, 5.41) is 14.0. The van der Waals surface area contributed by atoms with Crippen molar-refractivity contribution in [2.24, 2.45) is 5.92 Å². The van der Waals surface area contributed by atoms with Gasteiger partial charge in [-0.05, 0) is 31.2 Å². The molecule has 1 fully saturated rings. The summed E-state index contributed by atoms with van der Waals surface area (Å²) >= 11 is 0. The second-order valence-corrected chi connectivity index (χ2v) is 6.08. The van der Waals surface area contributed by atoms with Gasteiger partial charge in [-0.1, -0.05) is 5.16 Å². The number of aryl methyl sites for hydroxylation is 1. The molecule has 0 bridgehead atoms. The Morgan fingerprint density at radius 3 is 2.72 bits per heavy atom. The predicted molar refractivity (Wildman–Crippen MR) is 83.4 cm³/mol. The normalized spacial score (nSPS) is 20.3. The Balaban J connectivity index is 1.63. The molecule has 0 spiro atoms. The van der Waals surface area contributed by atoms with Crippen molar-refractivity contribution in [2.45, 2.75) is 26.1 Å². The number of β-amino-alcohol motifs (C(OH)–C–C–N with tert-alkyl or cyclic N) is 1. The molecule has 25 heavy (non-hydrogen) atoms. The smallest absolute Gasteiger partial charge is 0.387 e. The summed E-state index contributed by atoms with van der Waals surface area (Å²) in [5.41, 5.74) is 1.12. The maximum atomic E-state index is 12.5. The number of likely N-dealkylation sites (tertiary alicyclic amines) is 1. The van der Waals surface area contributed by atoms with Crippen molar-refractivity contribution in [3.8, 4) is 5.75 Å². The summed E-state index contributed by atoms with van der Waals surface area (Å²) in [5.74, 6) is 0.257. The van der Waals surface area contributed by atoms with Crippen molar-refractivity contribution in [1.82, 2.24) is 10.1 Å². The van der Waals surface area contributed by atoms with E-state index in [-0.39, 0.29) is 24.1 Å². The number of aliphatic hydroxyl groups is 1. The van der Waals surface area contributed by atoms with E-state index in [1.54, 1.807) is 11.0 Å². The number of halogens is 2. The molecule has 1 aromatic heterocycles. The van der Waals surface area contributed by atoms with Crippen LogP contribution in [-0.4, -0.2) is 46.9 Å². The third-order valence-corrected chi connectivity index (χ3v) is 4.16. The number of carbonyl (C=O) groups excluding carboxylic acids is 1. The van der Waals surface area contributed by atoms with E-state index in [9.17, 15) is 18.7 Å². The highest BCUT2D eigenvalue weighted by Gasteiger charge is 2.35. The molecule has 1 N–H and O–H groups in total. The second kappa shape index (κ2) is 7.18. The molecule has 2 aromatic rings. The van der Waals surface area contributed by atoms with Crippen molar-refractivity contribution < 1.29 is 27.9 Å². The lowest BCUT2D eigenvalue weighted by molar-refractivity contribution is -0.0498. The highest BCUT2D eigenvalue weighted by atomic mass is 19.3. The molecule has 0 radical (unpaired) electrons. The van der Waals surface area contributed by atoms with Crippen LogP contribution in [0.5, 0.6) is 5.75 Å². The van der Waals surface area contributed by atoms with E-state index in [1.807, 2.05) is 6.92 Å². The minimum Gasteiger partial charge on any atom is -0.435 e. The molecule has 0 aliphatic carbocycles. The standard InChI is InChI=1S/C17H18F2N2O4/c1-10-6-14(25-20-10)7-12-8-21(9-15(12)22)16(23)11-2-4-13(5-3-11)24-17(18)19/h2-6,12,15,17,22H,7-9H2,1H3/t12-,15+/m1/s1. The summed E-state index contributed by atoms with van der Waals surface area (Å²) in [7, 11) is 0. The molecule has 1 aromatic carbocycles. The van der Waals surface area contributed by atoms with Crippen LogP contribution in [0.15, 0.2) is 34.9 Å². The first-order chi connectivity index (χ1) is 11.9. The highest BCUT2D eigenvalue weighted by Crippen LogP contribution is 2.24. The van der Waals surface area contributed by atoms with Gasteiger partial charge in [0.1, 0.15) is 11.5 Å². The van der Waals surface area contributed by atoms with Crippen LogP contribution in [0.3, 0.4) is 0 Å². The third kappa shape index (κ3) is 4.14. The van der Waals surface area contributed by atoms with Gasteiger partial charge in [0.2, 0.25) is 0 Å². The number of hydrogen-bond donors (Lipinski definition) is 1. The Morgan fingerprint density at radius 1 is 1.40 bits per heavy atom. The summed E-state index contributed by atoms with van der Waals surface area (Å²) in [4.78, 5) is 14.1. The van der Waals surface area contributed by atoms with Crippen LogP contribution in [0.4, 0.5) is 8.78 Å². The number of aliphatic hydroxyl groups excluding tert-OH is 1. The largest absolute Gasteiger partial charge is 0.435 e. The maximum absolute atomic E-state index is 12.5. The average Bonchev–Trinajstić information content (AvgIpc) is 3.13. The number of aromatic nitrogens is 1. The van der Waals surface area contributed by atoms with Crippen molar-refractivity contribution in [3.05, 3.63) is 47.3 Å². The zero-order chi connectivity index (χ0) is 18.0. The Labute approximate surface area is 143 Å². The van der Waals surface area contributed by atoms with E-state index in [0.29, 0.717) is 24.3 Å². The van der Waals surface area contributed by atoms with Crippen molar-refractivity contribution >= 4 is 5.91 Å². The minimum absolute atomic E-state index is 0.00780. The van der Waals surface area contributed by atoms with Crippen molar-refractivity contribution in [2.75, 3.05) is 13.1 Å². The molecule has 1 aliphatic heterocycles. The Bertz CT molecular complexity index is 733. The fourth-order valence-electron chi connectivity index (χ4n) is 2.95. The predicted octanol–water partition coefficient (Wildman–Crippen LogP) is 2.26. The molecule has 1 saturated heterocycles. The molecule has 6 nitrogen and oxygen atoms in total. The van der Waals surface area contributed by atoms with Gasteiger partial charge in [-0.15, -0.1) is 0 Å². The molecule has 2 heterocycles. The minimum atomic E-state index is -2.91. The molecule has 3 rings (SSSR count). The fraction of sp³-hybridized carbons (Fsp3) is 0.412. The van der Waals surface area contributed by atoms with Crippen LogP contribution in [-0.2, 0) is 6.42 Å². The monoisotopic (exact) mass is 352 g/mol. The maximum Gasteiger partial charge on any atom is 0.387 e. The van der Waals surface area contributed by atoms with Crippen molar-refractivity contribution in [3.63, 3.8) is 0 Å². The third-order valence-electron chi connectivity index (χ3n) is 4.16. The first-order valence-electron chi connectivity index (χ1n) is 7.87. The van der Waals surface area contributed by atoms with E-state index in [2.05, 4.69) is 9.89 Å². The van der Waals surface area contributed by atoms with Gasteiger partial charge in [0.25, 0.3) is 5.91 Å². The Kier molecular flexibility index (Phi) is 4.98. The molecule has 134 valence electrons. The number of carbonyl (C=O) groups is 1. The molecule has 2 atom stereocenters. The van der Waals surface area contributed by atoms with Crippen LogP contribution < -0.4 is 4.74 Å². The van der Waals surface area contributed by atoms with E-state index < -0.39 is 12.7 Å². The lowest BCUT2D eigenvalue weighted by atomic mass is 10.0. The zero-order valence-corrected chi connectivity index (χ0v) is 13.6. The fourth-order valence-corrected chi connectivity index (χ4v) is 2.95. The van der Waals surface area contributed by atoms with Crippen LogP contribution >= 0.6 is 0 Å². The zero-order valence-electron chi connectivity index (χ0n) is 13.6. The van der Waals surface area contributed by atoms with Gasteiger partial charge in [0.15, 0.2) is 0 Å². The number of hydrogen-bond acceptors (Lipinski definition) is 5. The van der Waals surface area contributed by atoms with Gasteiger partial charge in [-0.25, -0.2) is 0 Å². The molecule has 8 heteroatoms. The molecule has 0 unspecified atom stereocenters. The van der Waals surface area contributed by atoms with Gasteiger partial charge in [-0.2, -0.15) is 8.78 Å². The number of nitrogens with zero attached hydrogens (tertiary/aromatic N) is 2. The Morgan fingerprint density at radius 2 is 2.12 bits per heavy atom. The van der Waals surface area contributed by atoms with Gasteiger partial charge in [0.05, 0.1) is 11.8 Å². The summed E-state index contributed by atoms with van der Waals surface area (Å²) < 4.78 is 33.7. The van der Waals surface area contributed by atoms with E-state index in [0.717, 1.165) is 5.69 Å². The molecule has 1 amide bonds. The highest BCUT2D eigenvalue weighted by molar-refractivity contribution is 5.94. The second-order valence-electron chi connectivity index (χ2n) is 6.08. The van der Waals surface area contributed by atoms with E-state index in [4.69, 9.17) is 4.52 Å². The van der Waals surface area contributed by atoms with Gasteiger partial charge in [-0.3, -0.25) is 4.79 Å². The molecule has 1 aliphatic rings. The van der Waals surface area contributed by atoms with Crippen LogP contribution in [0, 0.1) is 12.8 Å². The summed E-state index contributed by atoms with van der Waals surface area (Å²) in [6.07, 6.45) is -0.164. The number of rotatable bonds is 5. The number of benzene rings is 1. The SMILES string of the molecule is Cc1cc(C[C@@H]2CN(C(=O)c3ccc(OC(F)F)cc3)C[C@@H]2O)on1. The Hall–Kier alpha value is -2.48. The number of amides is 1. The molecular weight excluding hydrogens is 334 g/mol. The number of alkyl halides is 2. The molecule has 0 saturated carbocycles. The topological polar surface area (TPSA) is 75.8 Å². The van der Waals surface area contributed by atoms with Gasteiger partial charge < -0.3 is 19.3 Å². The molecular formula is C17H18F2N2O4. The van der Waals surface area contributed by atoms with E-state index >= 15 is 0 Å². The lowest BCUT2D eigenvalue weighted by Crippen LogP contribution is -2.29. The van der Waals surface area contributed by atoms with Crippen LogP contribution in [0.1, 0.15) is 21.8 Å². The van der Waals surface area contributed by atoms with Gasteiger partial charge >= 0.3 is 6.61 Å². The average molecular weight is 352 g/mol. The summed E-state index contributed by atoms with van der Waals surface area (Å²) in [6.45, 7) is -0.494. The van der Waals surface area contributed by atoms with Gasteiger partial charge in [0, 0.05) is 37.1 Å². The van der Waals surface area contributed by atoms with Crippen LogP contribution in [0.25, 0.3) is 0 Å². The summed E-state index contributed by atoms with van der Waals surface area (Å²) in [6, 6.07) is 7.30. The lowest BCUT2D eigenvalue weighted by Gasteiger charge is -2.16. The van der Waals surface area contributed by atoms with Crippen LogP contribution in [0.2, 0.25) is 0 Å².